The van der Waals surface area contributed by atoms with Crippen molar-refractivity contribution >= 4 is 28.8 Å². The van der Waals surface area contributed by atoms with E-state index in [1.165, 1.54) is 18.3 Å². The number of rotatable bonds is 5. The second-order valence-electron chi connectivity index (χ2n) is 8.36. The van der Waals surface area contributed by atoms with Crippen molar-refractivity contribution < 1.29 is 37.3 Å². The minimum absolute atomic E-state index is 0.0926. The second-order valence-corrected chi connectivity index (χ2v) is 8.36. The van der Waals surface area contributed by atoms with Crippen molar-refractivity contribution in [3.8, 4) is 0 Å². The lowest BCUT2D eigenvalue weighted by Crippen LogP contribution is -2.27. The van der Waals surface area contributed by atoms with E-state index in [1.54, 1.807) is 39.0 Å². The van der Waals surface area contributed by atoms with Crippen LogP contribution in [0.25, 0.3) is 10.9 Å². The van der Waals surface area contributed by atoms with Crippen molar-refractivity contribution in [3.05, 3.63) is 65.4 Å². The molecule has 0 aliphatic rings. The molecule has 3 aromatic rings. The number of nitrogens with zero attached hydrogens (tertiary/aromatic N) is 1. The predicted octanol–water partition coefficient (Wildman–Crippen LogP) is 6.25. The van der Waals surface area contributed by atoms with Gasteiger partial charge in [-0.1, -0.05) is 18.2 Å². The Labute approximate surface area is 187 Å². The van der Waals surface area contributed by atoms with Crippen LogP contribution in [0.15, 0.2) is 48.7 Å². The number of fused-ring (bicyclic) bond motifs is 1. The number of alkyl halides is 3. The number of carboxylic acid groups (broad SMARTS) is 1. The van der Waals surface area contributed by atoms with Crippen LogP contribution >= 0.6 is 0 Å². The first-order valence-corrected chi connectivity index (χ1v) is 9.94. The summed E-state index contributed by atoms with van der Waals surface area (Å²) in [6.07, 6.45) is -5.06. The lowest BCUT2D eigenvalue weighted by atomic mass is 10.1. The topological polar surface area (TPSA) is 89.8 Å². The highest BCUT2D eigenvalue weighted by Crippen LogP contribution is 2.30. The number of amides is 1. The van der Waals surface area contributed by atoms with E-state index in [0.717, 1.165) is 16.7 Å². The molecule has 33 heavy (non-hydrogen) atoms. The lowest BCUT2D eigenvalue weighted by molar-refractivity contribution is -0.137. The summed E-state index contributed by atoms with van der Waals surface area (Å²) in [6.45, 7) is 5.34. The Balaban J connectivity index is 1.75. The number of hydrogen-bond donors (Lipinski definition) is 2. The molecule has 2 aromatic carbocycles. The van der Waals surface area contributed by atoms with E-state index in [4.69, 9.17) is 9.47 Å². The van der Waals surface area contributed by atoms with Gasteiger partial charge in [0, 0.05) is 11.6 Å². The summed E-state index contributed by atoms with van der Waals surface area (Å²) in [5.74, 6) is 0. The number of nitrogens with one attached hydrogen (secondary N) is 1. The smallest absolute Gasteiger partial charge is 0.416 e. The number of anilines is 1. The van der Waals surface area contributed by atoms with Gasteiger partial charge in [-0.15, -0.1) is 0 Å². The fraction of sp³-hybridized carbons (Fsp3) is 0.304. The average Bonchev–Trinajstić information content (AvgIpc) is 3.04. The van der Waals surface area contributed by atoms with Crippen LogP contribution in [0.3, 0.4) is 0 Å². The Bertz CT molecular complexity index is 1160. The maximum Gasteiger partial charge on any atom is 0.416 e. The van der Waals surface area contributed by atoms with Crippen molar-refractivity contribution in [1.82, 2.24) is 4.57 Å². The third kappa shape index (κ3) is 6.26. The minimum atomic E-state index is -4.40. The first-order chi connectivity index (χ1) is 15.3. The highest BCUT2D eigenvalue weighted by atomic mass is 19.4. The van der Waals surface area contributed by atoms with Gasteiger partial charge in [0.1, 0.15) is 5.60 Å². The Morgan fingerprint density at radius 3 is 2.18 bits per heavy atom. The van der Waals surface area contributed by atoms with Gasteiger partial charge in [0.05, 0.1) is 30.0 Å². The first kappa shape index (κ1) is 24.1. The molecular formula is C23H23F3N2O5. The van der Waals surface area contributed by atoms with Crippen molar-refractivity contribution in [1.29, 1.82) is 0 Å². The van der Waals surface area contributed by atoms with Crippen molar-refractivity contribution in [2.45, 2.75) is 45.8 Å². The molecule has 0 atom stereocenters. The minimum Gasteiger partial charge on any atom is -0.464 e. The van der Waals surface area contributed by atoms with Gasteiger partial charge >= 0.3 is 18.4 Å². The van der Waals surface area contributed by atoms with Crippen LogP contribution in [0.1, 0.15) is 37.5 Å². The number of halogens is 3. The van der Waals surface area contributed by atoms with Crippen LogP contribution in [-0.4, -0.2) is 27.5 Å². The summed E-state index contributed by atoms with van der Waals surface area (Å²) in [7, 11) is 0. The largest absolute Gasteiger partial charge is 0.464 e. The molecule has 176 valence electrons. The summed E-state index contributed by atoms with van der Waals surface area (Å²) in [5, 5.41) is 12.5. The summed E-state index contributed by atoms with van der Waals surface area (Å²) in [4.78, 5) is 23.7. The summed E-state index contributed by atoms with van der Waals surface area (Å²) >= 11 is 0. The van der Waals surface area contributed by atoms with E-state index in [1.807, 2.05) is 0 Å². The van der Waals surface area contributed by atoms with Crippen LogP contribution in [0.2, 0.25) is 0 Å². The Kier molecular flexibility index (Phi) is 6.68. The van der Waals surface area contributed by atoms with Gasteiger partial charge in [-0.3, -0.25) is 9.88 Å². The van der Waals surface area contributed by atoms with E-state index in [9.17, 15) is 27.9 Å². The van der Waals surface area contributed by atoms with Gasteiger partial charge < -0.3 is 14.6 Å². The highest BCUT2D eigenvalue weighted by molar-refractivity contribution is 6.03. The third-order valence-corrected chi connectivity index (χ3v) is 4.53. The Morgan fingerprint density at radius 2 is 1.61 bits per heavy atom. The van der Waals surface area contributed by atoms with Crippen LogP contribution in [-0.2, 0) is 28.9 Å². The molecule has 1 aromatic heterocycles. The Morgan fingerprint density at radius 1 is 1.00 bits per heavy atom. The molecule has 0 aliphatic carbocycles. The zero-order valence-electron chi connectivity index (χ0n) is 18.2. The van der Waals surface area contributed by atoms with Crippen LogP contribution in [0.5, 0.6) is 0 Å². The van der Waals surface area contributed by atoms with Crippen LogP contribution in [0.4, 0.5) is 28.4 Å². The molecule has 7 nitrogen and oxygen atoms in total. The normalized spacial score (nSPS) is 12.1. The molecule has 0 fully saturated rings. The van der Waals surface area contributed by atoms with Crippen molar-refractivity contribution in [2.75, 3.05) is 5.32 Å². The summed E-state index contributed by atoms with van der Waals surface area (Å²) < 4.78 is 49.8. The first-order valence-electron chi connectivity index (χ1n) is 9.94. The SMILES string of the molecule is CC(C)(C)OC(=O)Nc1cn(C(=O)O)c2ccc(COCc3ccc(C(F)(F)F)cc3)cc12. The molecular weight excluding hydrogens is 441 g/mol. The van der Waals surface area contributed by atoms with Gasteiger partial charge in [0.15, 0.2) is 0 Å². The zero-order valence-corrected chi connectivity index (χ0v) is 18.2. The predicted molar refractivity (Wildman–Crippen MR) is 115 cm³/mol. The van der Waals surface area contributed by atoms with Crippen molar-refractivity contribution in [3.63, 3.8) is 0 Å². The van der Waals surface area contributed by atoms with E-state index in [2.05, 4.69) is 5.32 Å². The number of ether oxygens (including phenoxy) is 2. The summed E-state index contributed by atoms with van der Waals surface area (Å²) in [6, 6.07) is 9.62. The number of aromatic nitrogens is 1. The highest BCUT2D eigenvalue weighted by Gasteiger charge is 2.29. The summed E-state index contributed by atoms with van der Waals surface area (Å²) in [5.41, 5.74) is 0.418. The molecule has 0 unspecified atom stereocenters. The van der Waals surface area contributed by atoms with E-state index < -0.39 is 29.5 Å². The Hall–Kier alpha value is -3.53. The maximum atomic E-state index is 12.7. The number of benzene rings is 2. The standard InChI is InChI=1S/C23H23F3N2O5/c1-22(2,3)33-20(29)27-18-11-28(21(30)31)19-9-6-15(10-17(18)19)13-32-12-14-4-7-16(8-5-14)23(24,25)26/h4-11H,12-13H2,1-3H3,(H,27,29)(H,30,31). The molecule has 0 saturated carbocycles. The van der Waals surface area contributed by atoms with E-state index >= 15 is 0 Å². The fourth-order valence-electron chi connectivity index (χ4n) is 3.12. The molecule has 0 saturated heterocycles. The molecule has 2 N–H and O–H groups in total. The number of carbonyl (C=O) groups excluding carboxylic acids is 1. The molecule has 0 aliphatic heterocycles. The molecule has 10 heteroatoms. The van der Waals surface area contributed by atoms with Gasteiger partial charge in [-0.25, -0.2) is 9.59 Å². The number of hydrogen-bond acceptors (Lipinski definition) is 4. The fourth-order valence-corrected chi connectivity index (χ4v) is 3.12. The second kappa shape index (κ2) is 9.14. The van der Waals surface area contributed by atoms with Gasteiger partial charge in [0.2, 0.25) is 0 Å². The average molecular weight is 464 g/mol. The quantitative estimate of drug-likeness (QED) is 0.466. The molecule has 1 heterocycles. The zero-order chi connectivity index (χ0) is 24.4. The molecule has 3 rings (SSSR count). The van der Waals surface area contributed by atoms with Crippen LogP contribution in [0, 0.1) is 0 Å². The molecule has 0 bridgehead atoms. The van der Waals surface area contributed by atoms with Gasteiger partial charge in [-0.05, 0) is 56.2 Å². The van der Waals surface area contributed by atoms with E-state index in [-0.39, 0.29) is 18.9 Å². The molecule has 0 radical (unpaired) electrons. The molecule has 1 amide bonds. The van der Waals surface area contributed by atoms with E-state index in [0.29, 0.717) is 22.0 Å². The third-order valence-electron chi connectivity index (χ3n) is 4.53. The van der Waals surface area contributed by atoms with Crippen molar-refractivity contribution in [2.24, 2.45) is 0 Å². The molecule has 0 spiro atoms. The number of carbonyl (C=O) groups is 2. The maximum absolute atomic E-state index is 12.7. The van der Waals surface area contributed by atoms with Gasteiger partial charge in [-0.2, -0.15) is 13.2 Å². The monoisotopic (exact) mass is 464 g/mol. The van der Waals surface area contributed by atoms with Gasteiger partial charge in [0.25, 0.3) is 0 Å². The van der Waals surface area contributed by atoms with Crippen LogP contribution < -0.4 is 5.32 Å². The lowest BCUT2D eigenvalue weighted by Gasteiger charge is -2.19.